The Balaban J connectivity index is 2.52. The van der Waals surface area contributed by atoms with Crippen LogP contribution in [0, 0.1) is 0 Å². The maximum Gasteiger partial charge on any atom is 0.314 e. The molecule has 0 amide bonds. The van der Waals surface area contributed by atoms with Crippen molar-refractivity contribution in [1.82, 2.24) is 0 Å². The zero-order valence-corrected chi connectivity index (χ0v) is 11.0. The van der Waals surface area contributed by atoms with Gasteiger partial charge >= 0.3 is 5.97 Å². The quantitative estimate of drug-likeness (QED) is 0.879. The third-order valence-electron chi connectivity index (χ3n) is 3.59. The van der Waals surface area contributed by atoms with E-state index in [-0.39, 0.29) is 5.75 Å². The molecule has 2 rings (SSSR count). The zero-order chi connectivity index (χ0) is 12.5. The molecule has 1 aromatic rings. The van der Waals surface area contributed by atoms with E-state index in [1.165, 1.54) is 0 Å². The van der Waals surface area contributed by atoms with Crippen LogP contribution in [-0.4, -0.2) is 16.2 Å². The molecule has 2 N–H and O–H groups in total. The summed E-state index contributed by atoms with van der Waals surface area (Å²) in [6.45, 7) is 0. The molecular weight excluding hydrogens is 284 g/mol. The Bertz CT molecular complexity index is 436. The summed E-state index contributed by atoms with van der Waals surface area (Å²) in [6, 6.07) is 5.00. The molecule has 0 bridgehead atoms. The Labute approximate surface area is 109 Å². The normalized spacial score (nSPS) is 18.9. The molecule has 0 aliphatic heterocycles. The molecule has 17 heavy (non-hydrogen) atoms. The first-order chi connectivity index (χ1) is 8.06. The van der Waals surface area contributed by atoms with Gasteiger partial charge in [0.2, 0.25) is 0 Å². The summed E-state index contributed by atoms with van der Waals surface area (Å²) in [7, 11) is 0. The lowest BCUT2D eigenvalue weighted by atomic mass is 9.69. The minimum absolute atomic E-state index is 0.0810. The molecule has 0 atom stereocenters. The SMILES string of the molecule is O=C(O)C1(c2cc(Br)ccc2O)CCCCC1. The Morgan fingerprint density at radius 1 is 1.24 bits per heavy atom. The van der Waals surface area contributed by atoms with Crippen molar-refractivity contribution >= 4 is 21.9 Å². The summed E-state index contributed by atoms with van der Waals surface area (Å²) < 4.78 is 0.802. The van der Waals surface area contributed by atoms with Crippen molar-refractivity contribution in [1.29, 1.82) is 0 Å². The molecule has 3 nitrogen and oxygen atoms in total. The summed E-state index contributed by atoms with van der Waals surface area (Å²) in [5.41, 5.74) is -0.370. The van der Waals surface area contributed by atoms with Crippen LogP contribution in [0.3, 0.4) is 0 Å². The van der Waals surface area contributed by atoms with Crippen LogP contribution < -0.4 is 0 Å². The second-order valence-electron chi connectivity index (χ2n) is 4.61. The van der Waals surface area contributed by atoms with E-state index in [0.717, 1.165) is 23.7 Å². The molecule has 1 fully saturated rings. The first-order valence-electron chi connectivity index (χ1n) is 5.79. The Morgan fingerprint density at radius 2 is 1.88 bits per heavy atom. The second-order valence-corrected chi connectivity index (χ2v) is 5.53. The number of phenols is 1. The van der Waals surface area contributed by atoms with Gasteiger partial charge in [-0.3, -0.25) is 4.79 Å². The molecule has 0 saturated heterocycles. The minimum atomic E-state index is -0.911. The van der Waals surface area contributed by atoms with Gasteiger partial charge in [-0.15, -0.1) is 0 Å². The lowest BCUT2D eigenvalue weighted by Gasteiger charge is -2.34. The number of phenolic OH excluding ortho intramolecular Hbond substituents is 1. The molecule has 4 heteroatoms. The average Bonchev–Trinajstić information content (AvgIpc) is 2.33. The fourth-order valence-electron chi connectivity index (χ4n) is 2.65. The van der Waals surface area contributed by atoms with Crippen LogP contribution in [0.5, 0.6) is 5.75 Å². The van der Waals surface area contributed by atoms with Crippen molar-refractivity contribution in [2.24, 2.45) is 0 Å². The van der Waals surface area contributed by atoms with Gasteiger partial charge in [-0.1, -0.05) is 35.2 Å². The van der Waals surface area contributed by atoms with Gasteiger partial charge < -0.3 is 10.2 Å². The van der Waals surface area contributed by atoms with E-state index in [1.54, 1.807) is 18.2 Å². The number of rotatable bonds is 2. The van der Waals surface area contributed by atoms with Crippen LogP contribution in [0.1, 0.15) is 37.7 Å². The van der Waals surface area contributed by atoms with E-state index >= 15 is 0 Å². The van der Waals surface area contributed by atoms with Gasteiger partial charge in [-0.25, -0.2) is 0 Å². The van der Waals surface area contributed by atoms with E-state index in [2.05, 4.69) is 15.9 Å². The molecule has 1 saturated carbocycles. The van der Waals surface area contributed by atoms with Crippen molar-refractivity contribution in [3.8, 4) is 5.75 Å². The third-order valence-corrected chi connectivity index (χ3v) is 4.08. The fraction of sp³-hybridized carbons (Fsp3) is 0.462. The second kappa shape index (κ2) is 4.69. The molecule has 0 heterocycles. The van der Waals surface area contributed by atoms with Gasteiger partial charge in [0.05, 0.1) is 5.41 Å². The van der Waals surface area contributed by atoms with Gasteiger partial charge in [0.25, 0.3) is 0 Å². The van der Waals surface area contributed by atoms with Crippen molar-refractivity contribution < 1.29 is 15.0 Å². The fourth-order valence-corrected chi connectivity index (χ4v) is 3.01. The number of carboxylic acid groups (broad SMARTS) is 1. The van der Waals surface area contributed by atoms with Crippen LogP contribution in [-0.2, 0) is 10.2 Å². The number of hydrogen-bond donors (Lipinski definition) is 2. The Hall–Kier alpha value is -1.03. The predicted molar refractivity (Wildman–Crippen MR) is 68.2 cm³/mol. The number of benzene rings is 1. The standard InChI is InChI=1S/C13H15BrO3/c14-9-4-5-11(15)10(8-9)13(12(16)17)6-2-1-3-7-13/h4-5,8,15H,1-3,6-7H2,(H,16,17). The Morgan fingerprint density at radius 3 is 2.47 bits per heavy atom. The van der Waals surface area contributed by atoms with E-state index < -0.39 is 11.4 Å². The monoisotopic (exact) mass is 298 g/mol. The van der Waals surface area contributed by atoms with Gasteiger partial charge in [0.1, 0.15) is 5.75 Å². The first kappa shape index (κ1) is 12.4. The van der Waals surface area contributed by atoms with E-state index in [1.807, 2.05) is 0 Å². The maximum atomic E-state index is 11.6. The lowest BCUT2D eigenvalue weighted by Crippen LogP contribution is -2.37. The van der Waals surface area contributed by atoms with Gasteiger partial charge in [-0.2, -0.15) is 0 Å². The van der Waals surface area contributed by atoms with E-state index in [0.29, 0.717) is 18.4 Å². The van der Waals surface area contributed by atoms with Crippen molar-refractivity contribution in [2.45, 2.75) is 37.5 Å². The van der Waals surface area contributed by atoms with Crippen LogP contribution in [0.15, 0.2) is 22.7 Å². The lowest BCUT2D eigenvalue weighted by molar-refractivity contribution is -0.145. The highest BCUT2D eigenvalue weighted by atomic mass is 79.9. The largest absolute Gasteiger partial charge is 0.508 e. The molecule has 1 aromatic carbocycles. The summed E-state index contributed by atoms with van der Waals surface area (Å²) in [4.78, 5) is 11.6. The van der Waals surface area contributed by atoms with E-state index in [4.69, 9.17) is 0 Å². The number of hydrogen-bond acceptors (Lipinski definition) is 2. The number of carboxylic acids is 1. The van der Waals surface area contributed by atoms with Crippen molar-refractivity contribution in [3.63, 3.8) is 0 Å². The van der Waals surface area contributed by atoms with Crippen LogP contribution >= 0.6 is 15.9 Å². The van der Waals surface area contributed by atoms with Gasteiger partial charge in [0.15, 0.2) is 0 Å². The topological polar surface area (TPSA) is 57.5 Å². The smallest absolute Gasteiger partial charge is 0.314 e. The van der Waals surface area contributed by atoms with Crippen molar-refractivity contribution in [3.05, 3.63) is 28.2 Å². The molecule has 0 radical (unpaired) electrons. The molecular formula is C13H15BrO3. The first-order valence-corrected chi connectivity index (χ1v) is 6.58. The van der Waals surface area contributed by atoms with Gasteiger partial charge in [-0.05, 0) is 31.0 Å². The van der Waals surface area contributed by atoms with Crippen LogP contribution in [0.2, 0.25) is 0 Å². The van der Waals surface area contributed by atoms with Crippen molar-refractivity contribution in [2.75, 3.05) is 0 Å². The molecule has 0 aromatic heterocycles. The molecule has 92 valence electrons. The predicted octanol–water partition coefficient (Wildman–Crippen LogP) is 3.44. The van der Waals surface area contributed by atoms with Gasteiger partial charge in [0, 0.05) is 10.0 Å². The highest BCUT2D eigenvalue weighted by Crippen LogP contribution is 2.44. The van der Waals surface area contributed by atoms with E-state index in [9.17, 15) is 15.0 Å². The third kappa shape index (κ3) is 2.18. The van der Waals surface area contributed by atoms with Crippen LogP contribution in [0.4, 0.5) is 0 Å². The Kier molecular flexibility index (Phi) is 3.43. The highest BCUT2D eigenvalue weighted by Gasteiger charge is 2.43. The molecule has 0 unspecified atom stereocenters. The number of carbonyl (C=O) groups is 1. The molecule has 1 aliphatic rings. The number of halogens is 1. The number of aliphatic carboxylic acids is 1. The van der Waals surface area contributed by atoms with Crippen LogP contribution in [0.25, 0.3) is 0 Å². The molecule has 1 aliphatic carbocycles. The summed E-state index contributed by atoms with van der Waals surface area (Å²) in [5, 5.41) is 19.4. The summed E-state index contributed by atoms with van der Waals surface area (Å²) in [6.07, 6.45) is 4.08. The number of aromatic hydroxyl groups is 1. The molecule has 0 spiro atoms. The summed E-state index contributed by atoms with van der Waals surface area (Å²) >= 11 is 3.33. The highest BCUT2D eigenvalue weighted by molar-refractivity contribution is 9.10. The summed E-state index contributed by atoms with van der Waals surface area (Å²) in [5.74, 6) is -0.747. The minimum Gasteiger partial charge on any atom is -0.508 e. The maximum absolute atomic E-state index is 11.6. The average molecular weight is 299 g/mol. The zero-order valence-electron chi connectivity index (χ0n) is 9.45.